The first-order valence-corrected chi connectivity index (χ1v) is 9.90. The van der Waals surface area contributed by atoms with E-state index in [1.54, 1.807) is 37.2 Å². The fourth-order valence-corrected chi connectivity index (χ4v) is 4.41. The molecule has 2 aromatic heterocycles. The average Bonchev–Trinajstić information content (AvgIpc) is 3.08. The van der Waals surface area contributed by atoms with Crippen LogP contribution in [0.25, 0.3) is 0 Å². The Bertz CT molecular complexity index is 962. The summed E-state index contributed by atoms with van der Waals surface area (Å²) < 4.78 is 30.0. The van der Waals surface area contributed by atoms with Gasteiger partial charge in [-0.15, -0.1) is 0 Å². The van der Waals surface area contributed by atoms with Gasteiger partial charge in [0.2, 0.25) is 5.56 Å². The van der Waals surface area contributed by atoms with Crippen LogP contribution in [0.1, 0.15) is 41.4 Å². The molecule has 4 rings (SSSR count). The van der Waals surface area contributed by atoms with Crippen molar-refractivity contribution in [2.75, 3.05) is 18.4 Å². The zero-order chi connectivity index (χ0) is 20.7. The minimum absolute atomic E-state index is 0.0626. The molecule has 1 saturated heterocycles. The van der Waals surface area contributed by atoms with Gasteiger partial charge in [0.05, 0.1) is 11.3 Å². The van der Waals surface area contributed by atoms with Gasteiger partial charge in [-0.3, -0.25) is 9.59 Å². The molecule has 0 spiro atoms. The molecule has 2 aliphatic rings. The number of rotatable bonds is 3. The van der Waals surface area contributed by atoms with Gasteiger partial charge < -0.3 is 14.8 Å². The number of hydrogen-bond acceptors (Lipinski definition) is 4. The Morgan fingerprint density at radius 2 is 2.00 bits per heavy atom. The van der Waals surface area contributed by atoms with Gasteiger partial charge in [-0.1, -0.05) is 0 Å². The molecule has 9 heteroatoms. The Morgan fingerprint density at radius 3 is 2.66 bits per heavy atom. The van der Waals surface area contributed by atoms with E-state index in [2.05, 4.69) is 10.4 Å². The molecule has 0 bridgehead atoms. The van der Waals surface area contributed by atoms with E-state index in [1.165, 1.54) is 15.3 Å². The van der Waals surface area contributed by atoms with Crippen LogP contribution < -0.4 is 10.9 Å². The summed E-state index contributed by atoms with van der Waals surface area (Å²) in [4.78, 5) is 26.0. The molecule has 1 fully saturated rings. The number of nitrogens with one attached hydrogen (secondary N) is 1. The molecule has 1 N–H and O–H groups in total. The van der Waals surface area contributed by atoms with Gasteiger partial charge in [0.25, 0.3) is 12.3 Å². The summed E-state index contributed by atoms with van der Waals surface area (Å²) >= 11 is 0. The van der Waals surface area contributed by atoms with Gasteiger partial charge in [0.15, 0.2) is 0 Å². The van der Waals surface area contributed by atoms with Crippen molar-refractivity contribution in [2.24, 2.45) is 13.0 Å². The third-order valence-corrected chi connectivity index (χ3v) is 6.02. The first-order valence-electron chi connectivity index (χ1n) is 9.90. The number of anilines is 1. The fourth-order valence-electron chi connectivity index (χ4n) is 4.41. The van der Waals surface area contributed by atoms with Gasteiger partial charge in [0, 0.05) is 44.5 Å². The van der Waals surface area contributed by atoms with Crippen LogP contribution in [0, 0.1) is 12.8 Å². The van der Waals surface area contributed by atoms with Crippen molar-refractivity contribution in [1.82, 2.24) is 19.2 Å². The molecule has 2 atom stereocenters. The number of amides is 1. The average molecular weight is 405 g/mol. The fraction of sp³-hybridized carbons (Fsp3) is 0.550. The quantitative estimate of drug-likeness (QED) is 0.852. The van der Waals surface area contributed by atoms with E-state index in [-0.39, 0.29) is 23.4 Å². The molecular weight excluding hydrogens is 380 g/mol. The van der Waals surface area contributed by atoms with Crippen LogP contribution in [0.4, 0.5) is 14.6 Å². The smallest absolute Gasteiger partial charge is 0.260 e. The van der Waals surface area contributed by atoms with E-state index in [1.807, 2.05) is 0 Å². The van der Waals surface area contributed by atoms with Gasteiger partial charge in [-0.25, -0.2) is 13.5 Å². The van der Waals surface area contributed by atoms with E-state index in [9.17, 15) is 18.4 Å². The van der Waals surface area contributed by atoms with E-state index in [0.29, 0.717) is 30.9 Å². The second kappa shape index (κ2) is 7.61. The molecule has 0 aliphatic carbocycles. The maximum Gasteiger partial charge on any atom is 0.260 e. The number of carbonyl (C=O) groups is 1. The second-order valence-electron chi connectivity index (χ2n) is 8.00. The predicted octanol–water partition coefficient (Wildman–Crippen LogP) is 2.43. The largest absolute Gasteiger partial charge is 0.367 e. The second-order valence-corrected chi connectivity index (χ2v) is 8.00. The summed E-state index contributed by atoms with van der Waals surface area (Å²) in [7, 11) is 1.62. The SMILES string of the molecule is Cc1cc2n(n1)[C@@H](C(F)F)C[C@@H](C1CCN(C(=O)c3ccc(=O)n(C)c3)CC1)N2. The van der Waals surface area contributed by atoms with Crippen molar-refractivity contribution in [3.05, 3.63) is 46.0 Å². The van der Waals surface area contributed by atoms with E-state index >= 15 is 0 Å². The molecule has 2 aliphatic heterocycles. The first-order chi connectivity index (χ1) is 13.8. The number of piperidine rings is 1. The lowest BCUT2D eigenvalue weighted by Gasteiger charge is -2.40. The number of carbonyl (C=O) groups excluding carboxylic acids is 1. The van der Waals surface area contributed by atoms with Gasteiger partial charge in [-0.05, 0) is 38.2 Å². The maximum atomic E-state index is 13.6. The minimum Gasteiger partial charge on any atom is -0.367 e. The number of pyridine rings is 1. The number of halogens is 2. The van der Waals surface area contributed by atoms with Gasteiger partial charge in [0.1, 0.15) is 11.9 Å². The van der Waals surface area contributed by atoms with Crippen LogP contribution in [-0.4, -0.2) is 50.7 Å². The van der Waals surface area contributed by atoms with Crippen LogP contribution in [0.2, 0.25) is 0 Å². The lowest BCUT2D eigenvalue weighted by atomic mass is 9.85. The Hall–Kier alpha value is -2.71. The van der Waals surface area contributed by atoms with Crippen LogP contribution in [-0.2, 0) is 7.05 Å². The monoisotopic (exact) mass is 405 g/mol. The number of fused-ring (bicyclic) bond motifs is 1. The van der Waals surface area contributed by atoms with Crippen LogP contribution >= 0.6 is 0 Å². The van der Waals surface area contributed by atoms with Crippen molar-refractivity contribution in [2.45, 2.75) is 44.7 Å². The van der Waals surface area contributed by atoms with Crippen LogP contribution in [0.5, 0.6) is 0 Å². The van der Waals surface area contributed by atoms with Crippen LogP contribution in [0.3, 0.4) is 0 Å². The van der Waals surface area contributed by atoms with E-state index in [0.717, 1.165) is 18.5 Å². The highest BCUT2D eigenvalue weighted by Crippen LogP contribution is 2.37. The molecule has 1 amide bonds. The summed E-state index contributed by atoms with van der Waals surface area (Å²) in [6.07, 6.45) is 0.904. The Labute approximate surface area is 167 Å². The number of aromatic nitrogens is 3. The normalized spacial score (nSPS) is 22.4. The molecular formula is C20H25F2N5O2. The number of alkyl halides is 2. The molecule has 0 unspecified atom stereocenters. The Morgan fingerprint density at radius 1 is 1.28 bits per heavy atom. The highest BCUT2D eigenvalue weighted by molar-refractivity contribution is 5.93. The predicted molar refractivity (Wildman–Crippen MR) is 104 cm³/mol. The molecule has 0 radical (unpaired) electrons. The number of aryl methyl sites for hydroxylation is 2. The summed E-state index contributed by atoms with van der Waals surface area (Å²) in [5.74, 6) is 0.756. The van der Waals surface area contributed by atoms with Crippen molar-refractivity contribution in [3.8, 4) is 0 Å². The molecule has 4 heterocycles. The number of hydrogen-bond donors (Lipinski definition) is 1. The summed E-state index contributed by atoms with van der Waals surface area (Å²) in [5.41, 5.74) is 1.04. The zero-order valence-electron chi connectivity index (χ0n) is 16.5. The first kappa shape index (κ1) is 19.6. The summed E-state index contributed by atoms with van der Waals surface area (Å²) in [6, 6.07) is 3.76. The highest BCUT2D eigenvalue weighted by Gasteiger charge is 2.38. The van der Waals surface area contributed by atoms with E-state index in [4.69, 9.17) is 0 Å². The standard InChI is InChI=1S/C20H25F2N5O2/c1-12-9-17-23-15(10-16(19(21)22)27(17)24-12)13-5-7-26(8-6-13)20(29)14-3-4-18(28)25(2)11-14/h3-4,9,11,13,15-16,19,23H,5-8,10H2,1-2H3/t15-,16+/m0/s1. The summed E-state index contributed by atoms with van der Waals surface area (Å²) in [6.45, 7) is 2.94. The van der Waals surface area contributed by atoms with Crippen molar-refractivity contribution >= 4 is 11.7 Å². The lowest BCUT2D eigenvalue weighted by molar-refractivity contribution is 0.0538. The molecule has 0 saturated carbocycles. The van der Waals surface area contributed by atoms with Gasteiger partial charge >= 0.3 is 0 Å². The van der Waals surface area contributed by atoms with E-state index < -0.39 is 12.5 Å². The maximum absolute atomic E-state index is 13.6. The minimum atomic E-state index is -2.47. The number of nitrogens with zero attached hydrogens (tertiary/aromatic N) is 4. The Balaban J connectivity index is 1.42. The molecule has 2 aromatic rings. The lowest BCUT2D eigenvalue weighted by Crippen LogP contribution is -2.46. The zero-order valence-corrected chi connectivity index (χ0v) is 16.5. The topological polar surface area (TPSA) is 72.2 Å². The van der Waals surface area contributed by atoms with Crippen molar-refractivity contribution in [3.63, 3.8) is 0 Å². The molecule has 156 valence electrons. The molecule has 29 heavy (non-hydrogen) atoms. The third kappa shape index (κ3) is 3.77. The Kier molecular flexibility index (Phi) is 5.14. The van der Waals surface area contributed by atoms with Crippen molar-refractivity contribution in [1.29, 1.82) is 0 Å². The highest BCUT2D eigenvalue weighted by atomic mass is 19.3. The summed E-state index contributed by atoms with van der Waals surface area (Å²) in [5, 5.41) is 7.60. The number of likely N-dealkylation sites (tertiary alicyclic amines) is 1. The van der Waals surface area contributed by atoms with Gasteiger partial charge in [-0.2, -0.15) is 5.10 Å². The molecule has 0 aromatic carbocycles. The van der Waals surface area contributed by atoms with Crippen LogP contribution in [0.15, 0.2) is 29.2 Å². The third-order valence-electron chi connectivity index (χ3n) is 6.02. The van der Waals surface area contributed by atoms with Crippen molar-refractivity contribution < 1.29 is 13.6 Å². The molecule has 7 nitrogen and oxygen atoms in total.